The van der Waals surface area contributed by atoms with E-state index in [2.05, 4.69) is 25.1 Å². The number of aromatic nitrogens is 1. The summed E-state index contributed by atoms with van der Waals surface area (Å²) in [4.78, 5) is 37.5. The Morgan fingerprint density at radius 2 is 1.73 bits per heavy atom. The van der Waals surface area contributed by atoms with Crippen LogP contribution in [0.2, 0.25) is 0 Å². The summed E-state index contributed by atoms with van der Waals surface area (Å²) < 4.78 is 0. The Hall–Kier alpha value is -2.55. The minimum Gasteiger partial charge on any atom is -0.361 e. The van der Waals surface area contributed by atoms with Crippen LogP contribution in [0.4, 0.5) is 0 Å². The number of carbonyl (C=O) groups excluding carboxylic acids is 2. The molecular weight excluding hydrogens is 380 g/mol. The van der Waals surface area contributed by atoms with Gasteiger partial charge in [-0.25, -0.2) is 0 Å². The summed E-state index contributed by atoms with van der Waals surface area (Å²) in [6, 6.07) is 7.79. The molecule has 0 aliphatic carbocycles. The van der Waals surface area contributed by atoms with Gasteiger partial charge in [-0.1, -0.05) is 18.2 Å². The second-order valence-corrected chi connectivity index (χ2v) is 7.99. The normalized spacial score (nSPS) is 22.3. The van der Waals surface area contributed by atoms with E-state index < -0.39 is 5.92 Å². The van der Waals surface area contributed by atoms with Gasteiger partial charge in [0.25, 0.3) is 5.91 Å². The van der Waals surface area contributed by atoms with Gasteiger partial charge in [-0.15, -0.1) is 0 Å². The number of carbonyl (C=O) groups is 2. The number of imide groups is 1. The van der Waals surface area contributed by atoms with Crippen molar-refractivity contribution in [2.45, 2.75) is 18.8 Å². The van der Waals surface area contributed by atoms with E-state index in [-0.39, 0.29) is 11.8 Å². The van der Waals surface area contributed by atoms with Gasteiger partial charge in [-0.05, 0) is 44.1 Å². The number of amides is 2. The monoisotopic (exact) mass is 410 g/mol. The maximum atomic E-state index is 12.5. The van der Waals surface area contributed by atoms with Crippen molar-refractivity contribution in [1.82, 2.24) is 20.1 Å². The summed E-state index contributed by atoms with van der Waals surface area (Å²) in [5.74, 6) is -1.30. The average Bonchev–Trinajstić information content (AvgIpc) is 3.30. The molecule has 2 amide bonds. The zero-order chi connectivity index (χ0) is 20.9. The number of rotatable bonds is 8. The molecule has 2 fully saturated rings. The van der Waals surface area contributed by atoms with Crippen LogP contribution >= 0.6 is 0 Å². The zero-order valence-electron chi connectivity index (χ0n) is 17.3. The first-order chi connectivity index (χ1) is 14.7. The summed E-state index contributed by atoms with van der Waals surface area (Å²) in [5, 5.41) is 3.39. The van der Waals surface area contributed by atoms with E-state index in [1.807, 2.05) is 30.5 Å². The van der Waals surface area contributed by atoms with Crippen LogP contribution in [-0.2, 0) is 9.59 Å². The number of para-hydroxylation sites is 1. The van der Waals surface area contributed by atoms with Gasteiger partial charge in [0.15, 0.2) is 0 Å². The van der Waals surface area contributed by atoms with E-state index in [1.54, 1.807) is 0 Å². The number of nitrogens with one attached hydrogen (secondary N) is 2. The third-order valence-corrected chi connectivity index (χ3v) is 6.00. The van der Waals surface area contributed by atoms with Crippen LogP contribution in [0.5, 0.6) is 0 Å². The number of aliphatic imine (C=N–C) groups is 1. The average molecular weight is 411 g/mol. The molecule has 2 saturated heterocycles. The summed E-state index contributed by atoms with van der Waals surface area (Å²) in [7, 11) is 0. The number of H-pyrrole nitrogens is 1. The Bertz CT molecular complexity index is 929. The highest BCUT2D eigenvalue weighted by atomic mass is 16.2. The van der Waals surface area contributed by atoms with Crippen LogP contribution < -0.4 is 11.1 Å². The van der Waals surface area contributed by atoms with Crippen molar-refractivity contribution in [3.8, 4) is 0 Å². The molecule has 1 aromatic heterocycles. The number of nitrogens with two attached hydrogens (primary N) is 1. The van der Waals surface area contributed by atoms with Crippen molar-refractivity contribution in [3.63, 3.8) is 0 Å². The molecule has 1 aromatic carbocycles. The molecule has 0 radical (unpaired) electrons. The highest BCUT2D eigenvalue weighted by Crippen LogP contribution is 2.29. The molecule has 1 atom stereocenters. The second-order valence-electron chi connectivity index (χ2n) is 7.99. The van der Waals surface area contributed by atoms with Crippen LogP contribution in [0.1, 0.15) is 24.3 Å². The number of aromatic amines is 1. The Kier molecular flexibility index (Phi) is 6.56. The molecule has 3 heterocycles. The van der Waals surface area contributed by atoms with Crippen LogP contribution in [-0.4, -0.2) is 84.7 Å². The molecular formula is C22H30N6O2. The summed E-state index contributed by atoms with van der Waals surface area (Å²) in [6.07, 6.45) is 3.73. The van der Waals surface area contributed by atoms with E-state index in [0.717, 1.165) is 75.1 Å². The van der Waals surface area contributed by atoms with Crippen LogP contribution in [0.3, 0.4) is 0 Å². The first-order valence-electron chi connectivity index (χ1n) is 10.8. The lowest BCUT2D eigenvalue weighted by Gasteiger charge is -2.34. The lowest BCUT2D eigenvalue weighted by atomic mass is 9.95. The third kappa shape index (κ3) is 4.45. The smallest absolute Gasteiger partial charge is 0.272 e. The van der Waals surface area contributed by atoms with E-state index in [0.29, 0.717) is 12.3 Å². The first-order valence-corrected chi connectivity index (χ1v) is 10.8. The lowest BCUT2D eigenvalue weighted by Crippen LogP contribution is -2.47. The van der Waals surface area contributed by atoms with Gasteiger partial charge in [-0.3, -0.25) is 19.9 Å². The largest absolute Gasteiger partial charge is 0.361 e. The summed E-state index contributed by atoms with van der Waals surface area (Å²) in [6.45, 7) is 7.59. The maximum Gasteiger partial charge on any atom is 0.272 e. The molecule has 4 rings (SSSR count). The number of fused-ring (bicyclic) bond motifs is 1. The fourth-order valence-corrected chi connectivity index (χ4v) is 4.33. The standard InChI is InChI=1S/C22H30N6O2/c23-7-3-9-27-11-13-28(14-12-27)10-4-8-24-20-19(21(29)26-22(20)30)17-15-25-18-6-2-1-5-16(17)18/h1-2,5-6,15,19,25H,3-4,7-14,23H2,(H,26,29,30). The predicted octanol–water partition coefficient (Wildman–Crippen LogP) is 0.705. The van der Waals surface area contributed by atoms with Crippen molar-refractivity contribution in [3.05, 3.63) is 36.0 Å². The number of benzene rings is 1. The number of piperazine rings is 1. The molecule has 4 N–H and O–H groups in total. The first kappa shape index (κ1) is 20.7. The maximum absolute atomic E-state index is 12.5. The molecule has 2 aromatic rings. The van der Waals surface area contributed by atoms with Gasteiger partial charge in [0.05, 0.1) is 0 Å². The van der Waals surface area contributed by atoms with E-state index in [1.165, 1.54) is 0 Å². The minimum absolute atomic E-state index is 0.294. The Morgan fingerprint density at radius 1 is 1.03 bits per heavy atom. The SMILES string of the molecule is NCCCN1CCN(CCCN=C2C(=O)NC(=O)C2c2c[nH]c3ccccc23)CC1. The van der Waals surface area contributed by atoms with Gasteiger partial charge < -0.3 is 20.5 Å². The van der Waals surface area contributed by atoms with Crippen LogP contribution in [0.25, 0.3) is 10.9 Å². The molecule has 2 aliphatic heterocycles. The molecule has 30 heavy (non-hydrogen) atoms. The van der Waals surface area contributed by atoms with Crippen LogP contribution in [0, 0.1) is 0 Å². The van der Waals surface area contributed by atoms with Crippen LogP contribution in [0.15, 0.2) is 35.5 Å². The number of nitrogens with zero attached hydrogens (tertiary/aromatic N) is 3. The fourth-order valence-electron chi connectivity index (χ4n) is 4.33. The van der Waals surface area contributed by atoms with Crippen molar-refractivity contribution in [1.29, 1.82) is 0 Å². The van der Waals surface area contributed by atoms with Gasteiger partial charge in [0.2, 0.25) is 5.91 Å². The van der Waals surface area contributed by atoms with Gasteiger partial charge in [0.1, 0.15) is 11.6 Å². The highest BCUT2D eigenvalue weighted by molar-refractivity contribution is 6.52. The lowest BCUT2D eigenvalue weighted by molar-refractivity contribution is -0.124. The second kappa shape index (κ2) is 9.51. The minimum atomic E-state index is -0.639. The number of hydrogen-bond acceptors (Lipinski definition) is 6. The summed E-state index contributed by atoms with van der Waals surface area (Å²) in [5.41, 5.74) is 7.68. The predicted molar refractivity (Wildman–Crippen MR) is 118 cm³/mol. The van der Waals surface area contributed by atoms with E-state index >= 15 is 0 Å². The molecule has 1 unspecified atom stereocenters. The Labute approximate surface area is 176 Å². The van der Waals surface area contributed by atoms with Crippen molar-refractivity contribution >= 4 is 28.4 Å². The molecule has 0 spiro atoms. The van der Waals surface area contributed by atoms with E-state index in [9.17, 15) is 9.59 Å². The molecule has 0 bridgehead atoms. The van der Waals surface area contributed by atoms with Crippen molar-refractivity contribution < 1.29 is 9.59 Å². The van der Waals surface area contributed by atoms with Gasteiger partial charge in [-0.2, -0.15) is 0 Å². The van der Waals surface area contributed by atoms with Crippen molar-refractivity contribution in [2.24, 2.45) is 10.7 Å². The third-order valence-electron chi connectivity index (χ3n) is 6.00. The molecule has 0 saturated carbocycles. The summed E-state index contributed by atoms with van der Waals surface area (Å²) >= 11 is 0. The molecule has 2 aliphatic rings. The van der Waals surface area contributed by atoms with E-state index in [4.69, 9.17) is 5.73 Å². The quantitative estimate of drug-likeness (QED) is 0.439. The number of hydrogen-bond donors (Lipinski definition) is 3. The molecule has 8 heteroatoms. The fraction of sp³-hybridized carbons (Fsp3) is 0.500. The molecule has 8 nitrogen and oxygen atoms in total. The van der Waals surface area contributed by atoms with Gasteiger partial charge in [0, 0.05) is 49.8 Å². The van der Waals surface area contributed by atoms with Gasteiger partial charge >= 0.3 is 0 Å². The van der Waals surface area contributed by atoms with Crippen molar-refractivity contribution in [2.75, 3.05) is 52.4 Å². The Morgan fingerprint density at radius 3 is 2.47 bits per heavy atom. The molecule has 160 valence electrons. The highest BCUT2D eigenvalue weighted by Gasteiger charge is 2.40. The topological polar surface area (TPSA) is 107 Å². The Balaban J connectivity index is 1.34. The zero-order valence-corrected chi connectivity index (χ0v) is 17.3.